The molecule has 2 heterocycles. The summed E-state index contributed by atoms with van der Waals surface area (Å²) >= 11 is 1.25. The van der Waals surface area contributed by atoms with E-state index in [1.54, 1.807) is 44.8 Å². The van der Waals surface area contributed by atoms with Crippen LogP contribution in [0.2, 0.25) is 0 Å². The van der Waals surface area contributed by atoms with Crippen LogP contribution in [0.1, 0.15) is 15.9 Å². The van der Waals surface area contributed by atoms with E-state index >= 15 is 0 Å². The maximum absolute atomic E-state index is 12.7. The fourth-order valence-electron chi connectivity index (χ4n) is 3.47. The monoisotopic (exact) mass is 467 g/mol. The van der Waals surface area contributed by atoms with Crippen molar-refractivity contribution in [2.45, 2.75) is 5.03 Å². The van der Waals surface area contributed by atoms with Crippen LogP contribution in [0.4, 0.5) is 0 Å². The zero-order valence-electron chi connectivity index (χ0n) is 18.7. The highest BCUT2D eigenvalue weighted by Gasteiger charge is 2.19. The molecule has 0 saturated carbocycles. The van der Waals surface area contributed by atoms with Crippen molar-refractivity contribution in [1.82, 2.24) is 9.97 Å². The number of Topliss-reactive ketones (excluding diaryl/α,β-unsaturated/α-hetero) is 1. The van der Waals surface area contributed by atoms with Crippen molar-refractivity contribution >= 4 is 17.5 Å². The van der Waals surface area contributed by atoms with Crippen LogP contribution < -0.4 is 9.47 Å². The number of carbonyl (C=O) groups is 1. The molecule has 7 heteroatoms. The Balaban J connectivity index is 1.81. The molecule has 0 radical (unpaired) electrons. The van der Waals surface area contributed by atoms with Crippen molar-refractivity contribution < 1.29 is 14.3 Å². The molecule has 0 bridgehead atoms. The van der Waals surface area contributed by atoms with Gasteiger partial charge in [0.1, 0.15) is 11.1 Å². The Hall–Kier alpha value is -4.15. The summed E-state index contributed by atoms with van der Waals surface area (Å²) in [6.07, 6.45) is 3.41. The van der Waals surface area contributed by atoms with E-state index in [4.69, 9.17) is 14.5 Å². The topological polar surface area (TPSA) is 85.1 Å². The predicted octanol–water partition coefficient (Wildman–Crippen LogP) is 5.67. The SMILES string of the molecule is COc1ccc(-c2cc(-c3cccnc3)nc(SCC(=O)c3ccccc3)c2C#N)cc1OC. The fourth-order valence-corrected chi connectivity index (χ4v) is 4.37. The zero-order valence-corrected chi connectivity index (χ0v) is 19.5. The summed E-state index contributed by atoms with van der Waals surface area (Å²) in [5.41, 5.74) is 3.95. The third-order valence-electron chi connectivity index (χ3n) is 5.19. The number of rotatable bonds is 8. The predicted molar refractivity (Wildman–Crippen MR) is 132 cm³/mol. The number of hydrogen-bond acceptors (Lipinski definition) is 7. The van der Waals surface area contributed by atoms with Crippen LogP contribution in [0.15, 0.2) is 84.1 Å². The van der Waals surface area contributed by atoms with E-state index in [0.717, 1.165) is 11.1 Å². The lowest BCUT2D eigenvalue weighted by atomic mass is 9.99. The van der Waals surface area contributed by atoms with E-state index in [1.807, 2.05) is 48.5 Å². The number of methoxy groups -OCH3 is 2. The van der Waals surface area contributed by atoms with Crippen LogP contribution in [0.5, 0.6) is 11.5 Å². The third kappa shape index (κ3) is 4.92. The maximum Gasteiger partial charge on any atom is 0.173 e. The van der Waals surface area contributed by atoms with Crippen molar-refractivity contribution in [3.05, 3.63) is 90.3 Å². The number of nitriles is 1. The van der Waals surface area contributed by atoms with Crippen LogP contribution >= 0.6 is 11.8 Å². The van der Waals surface area contributed by atoms with Crippen LogP contribution in [0.25, 0.3) is 22.4 Å². The third-order valence-corrected chi connectivity index (χ3v) is 6.16. The van der Waals surface area contributed by atoms with Gasteiger partial charge in [-0.25, -0.2) is 4.98 Å². The first-order valence-electron chi connectivity index (χ1n) is 10.4. The fraction of sp³-hybridized carbons (Fsp3) is 0.111. The Morgan fingerprint density at radius 3 is 2.44 bits per heavy atom. The summed E-state index contributed by atoms with van der Waals surface area (Å²) in [5.74, 6) is 1.27. The van der Waals surface area contributed by atoms with E-state index in [0.29, 0.717) is 38.9 Å². The van der Waals surface area contributed by atoms with Crippen molar-refractivity contribution in [1.29, 1.82) is 5.26 Å². The van der Waals surface area contributed by atoms with Gasteiger partial charge in [0.15, 0.2) is 17.3 Å². The second-order valence-corrected chi connectivity index (χ2v) is 8.20. The van der Waals surface area contributed by atoms with Gasteiger partial charge in [-0.3, -0.25) is 9.78 Å². The molecule has 0 aliphatic heterocycles. The number of aromatic nitrogens is 2. The number of ether oxygens (including phenoxy) is 2. The summed E-state index contributed by atoms with van der Waals surface area (Å²) in [7, 11) is 3.14. The highest BCUT2D eigenvalue weighted by molar-refractivity contribution is 8.00. The number of ketones is 1. The lowest BCUT2D eigenvalue weighted by Gasteiger charge is -2.14. The Kier molecular flexibility index (Phi) is 7.21. The van der Waals surface area contributed by atoms with E-state index in [2.05, 4.69) is 11.1 Å². The van der Waals surface area contributed by atoms with Gasteiger partial charge in [-0.2, -0.15) is 5.26 Å². The highest BCUT2D eigenvalue weighted by atomic mass is 32.2. The summed E-state index contributed by atoms with van der Waals surface area (Å²) in [4.78, 5) is 21.6. The Morgan fingerprint density at radius 1 is 0.971 bits per heavy atom. The molecule has 0 aliphatic rings. The Labute approximate surface area is 202 Å². The Bertz CT molecular complexity index is 1350. The van der Waals surface area contributed by atoms with Crippen LogP contribution in [-0.4, -0.2) is 35.7 Å². The quantitative estimate of drug-likeness (QED) is 0.244. The van der Waals surface area contributed by atoms with Crippen LogP contribution in [0, 0.1) is 11.3 Å². The minimum atomic E-state index is -0.0317. The largest absolute Gasteiger partial charge is 0.493 e. The van der Waals surface area contributed by atoms with Gasteiger partial charge in [-0.05, 0) is 35.9 Å². The molecule has 0 spiro atoms. The van der Waals surface area contributed by atoms with E-state index in [1.165, 1.54) is 11.8 Å². The molecule has 0 fully saturated rings. The molecule has 2 aromatic heterocycles. The summed E-state index contributed by atoms with van der Waals surface area (Å²) < 4.78 is 10.8. The lowest BCUT2D eigenvalue weighted by molar-refractivity contribution is 0.102. The molecule has 4 aromatic rings. The first-order chi connectivity index (χ1) is 16.6. The number of nitrogens with zero attached hydrogens (tertiary/aromatic N) is 3. The van der Waals surface area contributed by atoms with Gasteiger partial charge in [0.2, 0.25) is 0 Å². The van der Waals surface area contributed by atoms with E-state index in [9.17, 15) is 10.1 Å². The molecule has 168 valence electrons. The number of hydrogen-bond donors (Lipinski definition) is 0. The molecular weight excluding hydrogens is 446 g/mol. The first kappa shape index (κ1) is 23.0. The van der Waals surface area contributed by atoms with Gasteiger partial charge in [0.05, 0.1) is 31.2 Å². The molecule has 0 N–H and O–H groups in total. The molecule has 4 rings (SSSR count). The average molecular weight is 468 g/mol. The highest BCUT2D eigenvalue weighted by Crippen LogP contribution is 2.38. The number of benzene rings is 2. The number of thioether (sulfide) groups is 1. The van der Waals surface area contributed by atoms with E-state index < -0.39 is 0 Å². The van der Waals surface area contributed by atoms with E-state index in [-0.39, 0.29) is 11.5 Å². The molecule has 0 unspecified atom stereocenters. The second-order valence-electron chi connectivity index (χ2n) is 7.24. The van der Waals surface area contributed by atoms with Crippen molar-refractivity contribution in [3.63, 3.8) is 0 Å². The standard InChI is InChI=1S/C27H21N3O3S/c1-32-25-11-10-19(13-26(25)33-2)21-14-23(20-9-6-12-29-16-20)30-27(22(21)15-28)34-17-24(31)18-7-4-3-5-8-18/h3-14,16H,17H2,1-2H3. The van der Waals surface area contributed by atoms with Gasteiger partial charge >= 0.3 is 0 Å². The van der Waals surface area contributed by atoms with Gasteiger partial charge in [0, 0.05) is 29.1 Å². The van der Waals surface area contributed by atoms with Gasteiger partial charge < -0.3 is 9.47 Å². The van der Waals surface area contributed by atoms with Crippen molar-refractivity contribution in [2.24, 2.45) is 0 Å². The second kappa shape index (κ2) is 10.6. The Morgan fingerprint density at radius 2 is 1.76 bits per heavy atom. The van der Waals surface area contributed by atoms with Gasteiger partial charge in [0.25, 0.3) is 0 Å². The minimum Gasteiger partial charge on any atom is -0.493 e. The minimum absolute atomic E-state index is 0.0317. The zero-order chi connectivity index (χ0) is 23.9. The summed E-state index contributed by atoms with van der Waals surface area (Å²) in [6, 6.07) is 22.5. The molecule has 2 aromatic carbocycles. The normalized spacial score (nSPS) is 10.4. The van der Waals surface area contributed by atoms with Crippen LogP contribution in [0.3, 0.4) is 0 Å². The van der Waals surface area contributed by atoms with Crippen molar-refractivity contribution in [3.8, 4) is 40.0 Å². The number of carbonyl (C=O) groups excluding carboxylic acids is 1. The molecule has 0 amide bonds. The smallest absolute Gasteiger partial charge is 0.173 e. The molecule has 0 atom stereocenters. The first-order valence-corrected chi connectivity index (χ1v) is 11.4. The molecule has 34 heavy (non-hydrogen) atoms. The van der Waals surface area contributed by atoms with Gasteiger partial charge in [-0.15, -0.1) is 0 Å². The average Bonchev–Trinajstić information content (AvgIpc) is 2.91. The van der Waals surface area contributed by atoms with Crippen LogP contribution in [-0.2, 0) is 0 Å². The summed E-state index contributed by atoms with van der Waals surface area (Å²) in [5, 5.41) is 10.6. The maximum atomic E-state index is 12.7. The molecule has 0 saturated heterocycles. The van der Waals surface area contributed by atoms with Gasteiger partial charge in [-0.1, -0.05) is 48.2 Å². The molecular formula is C27H21N3O3S. The number of pyridine rings is 2. The molecule has 6 nitrogen and oxygen atoms in total. The summed E-state index contributed by atoms with van der Waals surface area (Å²) in [6.45, 7) is 0. The lowest BCUT2D eigenvalue weighted by Crippen LogP contribution is -2.04. The molecule has 0 aliphatic carbocycles. The van der Waals surface area contributed by atoms with Crippen molar-refractivity contribution in [2.75, 3.05) is 20.0 Å².